The number of aromatic hydroxyl groups is 1. The van der Waals surface area contributed by atoms with Crippen LogP contribution in [0.2, 0.25) is 0 Å². The van der Waals surface area contributed by atoms with Crippen LogP contribution in [-0.4, -0.2) is 42.2 Å². The van der Waals surface area contributed by atoms with Crippen LogP contribution < -0.4 is 0 Å². The fourth-order valence-corrected chi connectivity index (χ4v) is 2.82. The van der Waals surface area contributed by atoms with Crippen molar-refractivity contribution < 1.29 is 14.6 Å². The molecule has 2 rings (SSSR count). The van der Waals surface area contributed by atoms with Gasteiger partial charge in [-0.15, -0.1) is 0 Å². The van der Waals surface area contributed by atoms with Crippen molar-refractivity contribution in [2.45, 2.75) is 0 Å². The number of benzene rings is 1. The van der Waals surface area contributed by atoms with Crippen molar-refractivity contribution >= 4 is 37.8 Å². The summed E-state index contributed by atoms with van der Waals surface area (Å²) < 4.78 is 6.21. The third-order valence-corrected chi connectivity index (χ3v) is 3.77. The number of carbonyl (C=O) groups is 1. The Morgan fingerprint density at radius 3 is 2.29 bits per heavy atom. The van der Waals surface area contributed by atoms with E-state index in [0.29, 0.717) is 40.8 Å². The van der Waals surface area contributed by atoms with E-state index in [1.54, 1.807) is 17.0 Å². The van der Waals surface area contributed by atoms with Crippen molar-refractivity contribution in [1.82, 2.24) is 4.90 Å². The predicted octanol–water partition coefficient (Wildman–Crippen LogP) is 2.39. The summed E-state index contributed by atoms with van der Waals surface area (Å²) in [6.45, 7) is 2.36. The van der Waals surface area contributed by atoms with Gasteiger partial charge in [0.2, 0.25) is 0 Å². The molecule has 0 spiro atoms. The van der Waals surface area contributed by atoms with Gasteiger partial charge in [0.1, 0.15) is 5.75 Å². The van der Waals surface area contributed by atoms with E-state index in [2.05, 4.69) is 31.9 Å². The van der Waals surface area contributed by atoms with Crippen LogP contribution in [0.15, 0.2) is 21.1 Å². The molecular weight excluding hydrogens is 354 g/mol. The Bertz CT molecular complexity index is 421. The smallest absolute Gasteiger partial charge is 0.254 e. The summed E-state index contributed by atoms with van der Waals surface area (Å²) in [7, 11) is 0. The zero-order chi connectivity index (χ0) is 12.4. The lowest BCUT2D eigenvalue weighted by Gasteiger charge is -2.27. The largest absolute Gasteiger partial charge is 0.506 e. The molecule has 1 N–H and O–H groups in total. The SMILES string of the molecule is O=C(c1cc(Br)c(O)c(Br)c1)N1CCOCC1. The number of amides is 1. The van der Waals surface area contributed by atoms with E-state index in [4.69, 9.17) is 4.74 Å². The third-order valence-electron chi connectivity index (χ3n) is 2.56. The van der Waals surface area contributed by atoms with E-state index >= 15 is 0 Å². The summed E-state index contributed by atoms with van der Waals surface area (Å²) >= 11 is 6.43. The quantitative estimate of drug-likeness (QED) is 0.832. The molecule has 0 radical (unpaired) electrons. The standard InChI is InChI=1S/C11H11Br2NO3/c12-8-5-7(6-9(13)10(8)15)11(16)14-1-3-17-4-2-14/h5-6,15H,1-4H2. The minimum Gasteiger partial charge on any atom is -0.506 e. The van der Waals surface area contributed by atoms with Crippen LogP contribution in [0.5, 0.6) is 5.75 Å². The Balaban J connectivity index is 2.24. The molecule has 0 bridgehead atoms. The van der Waals surface area contributed by atoms with Crippen LogP contribution in [-0.2, 0) is 4.74 Å². The van der Waals surface area contributed by atoms with Gasteiger partial charge in [-0.3, -0.25) is 4.79 Å². The van der Waals surface area contributed by atoms with Gasteiger partial charge in [0.25, 0.3) is 5.91 Å². The van der Waals surface area contributed by atoms with Gasteiger partial charge >= 0.3 is 0 Å². The number of hydrogen-bond acceptors (Lipinski definition) is 3. The molecule has 1 amide bonds. The van der Waals surface area contributed by atoms with Crippen LogP contribution in [0, 0.1) is 0 Å². The van der Waals surface area contributed by atoms with Crippen molar-refractivity contribution in [3.05, 3.63) is 26.6 Å². The first-order valence-electron chi connectivity index (χ1n) is 5.14. The first-order chi connectivity index (χ1) is 8.09. The number of ether oxygens (including phenoxy) is 1. The number of rotatable bonds is 1. The van der Waals surface area contributed by atoms with E-state index < -0.39 is 0 Å². The number of halogens is 2. The Morgan fingerprint density at radius 1 is 1.24 bits per heavy atom. The number of phenols is 1. The minimum absolute atomic E-state index is 0.0466. The lowest BCUT2D eigenvalue weighted by molar-refractivity contribution is 0.0303. The molecule has 0 aliphatic carbocycles. The second kappa shape index (κ2) is 5.37. The molecule has 1 aliphatic heterocycles. The molecule has 0 aromatic heterocycles. The maximum atomic E-state index is 12.2. The number of phenolic OH excluding ortho intramolecular Hbond substituents is 1. The minimum atomic E-state index is -0.0466. The van der Waals surface area contributed by atoms with Crippen LogP contribution >= 0.6 is 31.9 Å². The molecule has 1 aromatic carbocycles. The van der Waals surface area contributed by atoms with Crippen molar-refractivity contribution in [2.75, 3.05) is 26.3 Å². The van der Waals surface area contributed by atoms with Crippen LogP contribution in [0.4, 0.5) is 0 Å². The molecule has 1 aromatic rings. The van der Waals surface area contributed by atoms with Crippen molar-refractivity contribution in [1.29, 1.82) is 0 Å². The van der Waals surface area contributed by atoms with Gasteiger partial charge in [0, 0.05) is 18.7 Å². The van der Waals surface area contributed by atoms with Gasteiger partial charge in [0.15, 0.2) is 0 Å². The highest BCUT2D eigenvalue weighted by atomic mass is 79.9. The third kappa shape index (κ3) is 2.81. The lowest BCUT2D eigenvalue weighted by Crippen LogP contribution is -2.40. The topological polar surface area (TPSA) is 49.8 Å². The first kappa shape index (κ1) is 12.9. The van der Waals surface area contributed by atoms with Gasteiger partial charge in [-0.05, 0) is 44.0 Å². The fraction of sp³-hybridized carbons (Fsp3) is 0.364. The van der Waals surface area contributed by atoms with Gasteiger partial charge < -0.3 is 14.7 Å². The number of nitrogens with zero attached hydrogens (tertiary/aromatic N) is 1. The Hall–Kier alpha value is -0.590. The van der Waals surface area contributed by atoms with E-state index in [9.17, 15) is 9.90 Å². The molecule has 0 saturated carbocycles. The lowest BCUT2D eigenvalue weighted by atomic mass is 10.2. The molecular formula is C11H11Br2NO3. The highest BCUT2D eigenvalue weighted by Crippen LogP contribution is 2.33. The number of morpholine rings is 1. The zero-order valence-corrected chi connectivity index (χ0v) is 12.1. The normalized spacial score (nSPS) is 16.0. The van der Waals surface area contributed by atoms with E-state index in [-0.39, 0.29) is 11.7 Å². The fourth-order valence-electron chi connectivity index (χ4n) is 1.64. The van der Waals surface area contributed by atoms with Gasteiger partial charge in [-0.25, -0.2) is 0 Å². The molecule has 4 nitrogen and oxygen atoms in total. The molecule has 17 heavy (non-hydrogen) atoms. The molecule has 1 fully saturated rings. The molecule has 0 unspecified atom stereocenters. The van der Waals surface area contributed by atoms with Crippen LogP contribution in [0.25, 0.3) is 0 Å². The molecule has 1 saturated heterocycles. The van der Waals surface area contributed by atoms with Crippen molar-refractivity contribution in [3.8, 4) is 5.75 Å². The summed E-state index contributed by atoms with van der Waals surface area (Å²) in [4.78, 5) is 13.9. The average molecular weight is 365 g/mol. The van der Waals surface area contributed by atoms with E-state index in [0.717, 1.165) is 0 Å². The number of hydrogen-bond donors (Lipinski definition) is 1. The monoisotopic (exact) mass is 363 g/mol. The Morgan fingerprint density at radius 2 is 1.76 bits per heavy atom. The van der Waals surface area contributed by atoms with Crippen molar-refractivity contribution in [2.24, 2.45) is 0 Å². The Kier molecular flexibility index (Phi) is 4.06. The molecule has 1 heterocycles. The second-order valence-corrected chi connectivity index (χ2v) is 5.40. The van der Waals surface area contributed by atoms with Gasteiger partial charge in [-0.1, -0.05) is 0 Å². The summed E-state index contributed by atoms with van der Waals surface area (Å²) in [5, 5.41) is 9.58. The van der Waals surface area contributed by atoms with E-state index in [1.165, 1.54) is 0 Å². The molecule has 1 aliphatic rings. The summed E-state index contributed by atoms with van der Waals surface area (Å²) in [5.74, 6) is 0.0539. The highest BCUT2D eigenvalue weighted by Gasteiger charge is 2.20. The zero-order valence-electron chi connectivity index (χ0n) is 8.95. The maximum absolute atomic E-state index is 12.2. The molecule has 92 valence electrons. The molecule has 0 atom stereocenters. The van der Waals surface area contributed by atoms with Crippen LogP contribution in [0.3, 0.4) is 0 Å². The second-order valence-electron chi connectivity index (χ2n) is 3.69. The summed E-state index contributed by atoms with van der Waals surface area (Å²) in [5.41, 5.74) is 0.545. The highest BCUT2D eigenvalue weighted by molar-refractivity contribution is 9.11. The van der Waals surface area contributed by atoms with E-state index in [1.807, 2.05) is 0 Å². The van der Waals surface area contributed by atoms with Crippen molar-refractivity contribution in [3.63, 3.8) is 0 Å². The maximum Gasteiger partial charge on any atom is 0.254 e. The first-order valence-corrected chi connectivity index (χ1v) is 6.73. The number of carbonyl (C=O) groups excluding carboxylic acids is 1. The molecule has 6 heteroatoms. The van der Waals surface area contributed by atoms with Gasteiger partial charge in [-0.2, -0.15) is 0 Å². The summed E-state index contributed by atoms with van der Waals surface area (Å²) in [6.07, 6.45) is 0. The Labute approximate surface area is 116 Å². The van der Waals surface area contributed by atoms with Crippen LogP contribution in [0.1, 0.15) is 10.4 Å². The summed E-state index contributed by atoms with van der Waals surface area (Å²) in [6, 6.07) is 3.25. The average Bonchev–Trinajstić information content (AvgIpc) is 2.35. The van der Waals surface area contributed by atoms with Gasteiger partial charge in [0.05, 0.1) is 22.2 Å². The predicted molar refractivity (Wildman–Crippen MR) is 70.2 cm³/mol.